The Morgan fingerprint density at radius 3 is 2.80 bits per heavy atom. The number of aryl methyl sites for hydroxylation is 1. The molecule has 0 fully saturated rings. The number of halogens is 1. The second kappa shape index (κ2) is 8.18. The predicted molar refractivity (Wildman–Crippen MR) is 103 cm³/mol. The number of amides is 1. The van der Waals surface area contributed by atoms with Gasteiger partial charge in [0.05, 0.1) is 23.0 Å². The van der Waals surface area contributed by atoms with Crippen LogP contribution in [0.3, 0.4) is 0 Å². The number of fused-ring (bicyclic) bond motifs is 1. The molecule has 1 aromatic heterocycles. The normalized spacial score (nSPS) is 11.3. The number of rotatable bonds is 6. The maximum absolute atomic E-state index is 12.0. The molecule has 25 heavy (non-hydrogen) atoms. The Kier molecular flexibility index (Phi) is 5.73. The molecule has 0 aliphatic heterocycles. The van der Waals surface area contributed by atoms with Crippen LogP contribution in [0, 0.1) is 0 Å². The molecule has 1 heterocycles. The highest BCUT2D eigenvalue weighted by Gasteiger charge is 2.11. The van der Waals surface area contributed by atoms with E-state index < -0.39 is 0 Å². The van der Waals surface area contributed by atoms with Gasteiger partial charge in [0.2, 0.25) is 0 Å². The molecule has 0 atom stereocenters. The van der Waals surface area contributed by atoms with Gasteiger partial charge in [-0.3, -0.25) is 4.79 Å². The van der Waals surface area contributed by atoms with Crippen molar-refractivity contribution in [3.8, 4) is 0 Å². The van der Waals surface area contributed by atoms with Crippen LogP contribution in [0.1, 0.15) is 12.5 Å². The number of aromatic nitrogens is 2. The van der Waals surface area contributed by atoms with Crippen molar-refractivity contribution in [2.75, 3.05) is 5.75 Å². The summed E-state index contributed by atoms with van der Waals surface area (Å²) in [7, 11) is 0. The number of hydrazone groups is 1. The molecule has 128 valence electrons. The first-order chi connectivity index (χ1) is 12.2. The first-order valence-electron chi connectivity index (χ1n) is 7.83. The number of nitrogens with zero attached hydrogens (tertiary/aromatic N) is 3. The third-order valence-corrected chi connectivity index (χ3v) is 4.77. The lowest BCUT2D eigenvalue weighted by molar-refractivity contribution is -0.118. The second-order valence-electron chi connectivity index (χ2n) is 5.26. The van der Waals surface area contributed by atoms with E-state index in [4.69, 9.17) is 11.6 Å². The van der Waals surface area contributed by atoms with Gasteiger partial charge in [-0.05, 0) is 36.8 Å². The highest BCUT2D eigenvalue weighted by atomic mass is 35.5. The van der Waals surface area contributed by atoms with Gasteiger partial charge in [0, 0.05) is 11.6 Å². The van der Waals surface area contributed by atoms with Crippen LogP contribution in [0.5, 0.6) is 0 Å². The van der Waals surface area contributed by atoms with Gasteiger partial charge in [-0.25, -0.2) is 10.4 Å². The lowest BCUT2D eigenvalue weighted by Crippen LogP contribution is -2.20. The molecule has 0 aliphatic rings. The minimum Gasteiger partial charge on any atom is -0.319 e. The van der Waals surface area contributed by atoms with E-state index in [0.29, 0.717) is 5.02 Å². The van der Waals surface area contributed by atoms with Crippen molar-refractivity contribution in [3.63, 3.8) is 0 Å². The monoisotopic (exact) mass is 372 g/mol. The van der Waals surface area contributed by atoms with E-state index in [0.717, 1.165) is 28.3 Å². The lowest BCUT2D eigenvalue weighted by Gasteiger charge is -2.04. The van der Waals surface area contributed by atoms with Gasteiger partial charge in [-0.1, -0.05) is 47.6 Å². The number of imidazole rings is 1. The zero-order chi connectivity index (χ0) is 17.6. The minimum absolute atomic E-state index is 0.176. The standard InChI is InChI=1S/C18H17ClN4OS/c1-2-23-16-6-4-3-5-15(16)21-18(23)25-12-17(24)22-20-11-13-7-9-14(19)10-8-13/h3-11H,2,12H2,1H3,(H,22,24)/b20-11+. The summed E-state index contributed by atoms with van der Waals surface area (Å²) in [6.07, 6.45) is 1.58. The van der Waals surface area contributed by atoms with Crippen LogP contribution >= 0.6 is 23.4 Å². The molecule has 7 heteroatoms. The fourth-order valence-corrected chi connectivity index (χ4v) is 3.36. The Morgan fingerprint density at radius 1 is 1.28 bits per heavy atom. The maximum atomic E-state index is 12.0. The molecule has 1 N–H and O–H groups in total. The van der Waals surface area contributed by atoms with Gasteiger partial charge < -0.3 is 4.57 Å². The van der Waals surface area contributed by atoms with E-state index in [9.17, 15) is 4.79 Å². The minimum atomic E-state index is -0.176. The highest BCUT2D eigenvalue weighted by molar-refractivity contribution is 7.99. The van der Waals surface area contributed by atoms with Crippen molar-refractivity contribution < 1.29 is 4.79 Å². The van der Waals surface area contributed by atoms with Crippen molar-refractivity contribution in [2.45, 2.75) is 18.6 Å². The summed E-state index contributed by atoms with van der Waals surface area (Å²) in [6, 6.07) is 15.2. The number of nitrogens with one attached hydrogen (secondary N) is 1. The Labute approximate surface area is 155 Å². The Balaban J connectivity index is 1.58. The maximum Gasteiger partial charge on any atom is 0.250 e. The van der Waals surface area contributed by atoms with Crippen molar-refractivity contribution >= 4 is 46.5 Å². The second-order valence-corrected chi connectivity index (χ2v) is 6.64. The smallest absolute Gasteiger partial charge is 0.250 e. The molecule has 0 saturated carbocycles. The summed E-state index contributed by atoms with van der Waals surface area (Å²) in [5, 5.41) is 5.46. The summed E-state index contributed by atoms with van der Waals surface area (Å²) in [4.78, 5) is 16.6. The SMILES string of the molecule is CCn1c(SCC(=O)N/N=C/c2ccc(Cl)cc2)nc2ccccc21. The molecule has 0 aliphatic carbocycles. The largest absolute Gasteiger partial charge is 0.319 e. The van der Waals surface area contributed by atoms with Gasteiger partial charge in [0.25, 0.3) is 5.91 Å². The Hall–Kier alpha value is -2.31. The lowest BCUT2D eigenvalue weighted by atomic mass is 10.2. The van der Waals surface area contributed by atoms with E-state index in [1.54, 1.807) is 18.3 Å². The van der Waals surface area contributed by atoms with E-state index in [1.807, 2.05) is 36.4 Å². The van der Waals surface area contributed by atoms with E-state index in [2.05, 4.69) is 27.0 Å². The molecule has 0 radical (unpaired) electrons. The van der Waals surface area contributed by atoms with Crippen LogP contribution in [0.25, 0.3) is 11.0 Å². The quantitative estimate of drug-likeness (QED) is 0.405. The molecule has 3 rings (SSSR count). The Bertz CT molecular complexity index is 905. The van der Waals surface area contributed by atoms with Gasteiger partial charge >= 0.3 is 0 Å². The average Bonchev–Trinajstić information content (AvgIpc) is 2.99. The molecule has 2 aromatic carbocycles. The topological polar surface area (TPSA) is 59.3 Å². The number of hydrogen-bond acceptors (Lipinski definition) is 4. The summed E-state index contributed by atoms with van der Waals surface area (Å²) in [6.45, 7) is 2.87. The van der Waals surface area contributed by atoms with Crippen molar-refractivity contribution in [2.24, 2.45) is 5.10 Å². The molecule has 0 spiro atoms. The fraction of sp³-hybridized carbons (Fsp3) is 0.167. The Morgan fingerprint density at radius 2 is 2.04 bits per heavy atom. The van der Waals surface area contributed by atoms with Crippen LogP contribution in [-0.2, 0) is 11.3 Å². The number of carbonyl (C=O) groups excluding carboxylic acids is 1. The van der Waals surface area contributed by atoms with E-state index in [-0.39, 0.29) is 11.7 Å². The molecule has 0 unspecified atom stereocenters. The van der Waals surface area contributed by atoms with Crippen molar-refractivity contribution in [1.82, 2.24) is 15.0 Å². The number of carbonyl (C=O) groups is 1. The van der Waals surface area contributed by atoms with Crippen LogP contribution in [-0.4, -0.2) is 27.4 Å². The first-order valence-corrected chi connectivity index (χ1v) is 9.19. The fourth-order valence-electron chi connectivity index (χ4n) is 2.36. The van der Waals surface area contributed by atoms with Crippen molar-refractivity contribution in [1.29, 1.82) is 0 Å². The van der Waals surface area contributed by atoms with Crippen LogP contribution in [0.15, 0.2) is 58.8 Å². The number of benzene rings is 2. The van der Waals surface area contributed by atoms with Crippen LogP contribution in [0.4, 0.5) is 0 Å². The van der Waals surface area contributed by atoms with Crippen molar-refractivity contribution in [3.05, 3.63) is 59.1 Å². The van der Waals surface area contributed by atoms with E-state index >= 15 is 0 Å². The van der Waals surface area contributed by atoms with E-state index in [1.165, 1.54) is 11.8 Å². The summed E-state index contributed by atoms with van der Waals surface area (Å²) < 4.78 is 2.10. The summed E-state index contributed by atoms with van der Waals surface area (Å²) in [5.74, 6) is 0.0753. The molecule has 0 bridgehead atoms. The summed E-state index contributed by atoms with van der Waals surface area (Å²) in [5.41, 5.74) is 5.41. The number of para-hydroxylation sites is 2. The first kappa shape index (κ1) is 17.5. The predicted octanol–water partition coefficient (Wildman–Crippen LogP) is 3.95. The molecule has 1 amide bonds. The highest BCUT2D eigenvalue weighted by Crippen LogP contribution is 2.23. The molecule has 0 saturated heterocycles. The summed E-state index contributed by atoms with van der Waals surface area (Å²) >= 11 is 7.23. The van der Waals surface area contributed by atoms with Gasteiger partial charge in [0.15, 0.2) is 5.16 Å². The third-order valence-electron chi connectivity index (χ3n) is 3.54. The average molecular weight is 373 g/mol. The van der Waals surface area contributed by atoms with Gasteiger partial charge in [-0.15, -0.1) is 0 Å². The third kappa shape index (κ3) is 4.41. The molecule has 3 aromatic rings. The zero-order valence-electron chi connectivity index (χ0n) is 13.6. The van der Waals surface area contributed by atoms with Gasteiger partial charge in [-0.2, -0.15) is 5.10 Å². The number of hydrogen-bond donors (Lipinski definition) is 1. The van der Waals surface area contributed by atoms with Gasteiger partial charge in [0.1, 0.15) is 0 Å². The van der Waals surface area contributed by atoms with Crippen LogP contribution in [0.2, 0.25) is 5.02 Å². The number of thioether (sulfide) groups is 1. The zero-order valence-corrected chi connectivity index (χ0v) is 15.2. The molecule has 5 nitrogen and oxygen atoms in total. The molecular formula is C18H17ClN4OS. The molecular weight excluding hydrogens is 356 g/mol. The van der Waals surface area contributed by atoms with Crippen LogP contribution < -0.4 is 5.43 Å².